The Bertz CT molecular complexity index is 601. The van der Waals surface area contributed by atoms with E-state index in [2.05, 4.69) is 11.8 Å². The highest BCUT2D eigenvalue weighted by Gasteiger charge is 2.30. The van der Waals surface area contributed by atoms with Crippen molar-refractivity contribution in [2.45, 2.75) is 19.4 Å². The van der Waals surface area contributed by atoms with Crippen molar-refractivity contribution in [1.82, 2.24) is 4.90 Å². The maximum atomic E-state index is 12.5. The summed E-state index contributed by atoms with van der Waals surface area (Å²) in [5, 5.41) is 9.10. The van der Waals surface area contributed by atoms with Gasteiger partial charge >= 0.3 is 0 Å². The molecule has 1 aliphatic heterocycles. The minimum absolute atomic E-state index is 0.0602. The first kappa shape index (κ1) is 15.8. The summed E-state index contributed by atoms with van der Waals surface area (Å²) in [6, 6.07) is 5.02. The third-order valence-corrected chi connectivity index (χ3v) is 3.54. The highest BCUT2D eigenvalue weighted by Crippen LogP contribution is 2.21. The second-order valence-electron chi connectivity index (χ2n) is 5.49. The van der Waals surface area contributed by atoms with Crippen molar-refractivity contribution < 1.29 is 14.6 Å². The molecule has 0 atom stereocenters. The molecule has 1 aromatic rings. The van der Waals surface area contributed by atoms with Gasteiger partial charge in [-0.05, 0) is 32.0 Å². The molecule has 1 N–H and O–H groups in total. The number of aliphatic hydroxyl groups excluding tert-OH is 1. The SMILES string of the molecule is CC1(C)CN(C(=O)c2ccc(C#CCO)c(Cl)c2)CCO1. The van der Waals surface area contributed by atoms with Gasteiger partial charge in [0.1, 0.15) is 6.61 Å². The van der Waals surface area contributed by atoms with Crippen LogP contribution in [0.1, 0.15) is 29.8 Å². The molecule has 21 heavy (non-hydrogen) atoms. The van der Waals surface area contributed by atoms with Crippen molar-refractivity contribution in [3.05, 3.63) is 34.3 Å². The van der Waals surface area contributed by atoms with Gasteiger partial charge in [-0.25, -0.2) is 0 Å². The molecule has 0 spiro atoms. The fourth-order valence-corrected chi connectivity index (χ4v) is 2.48. The number of hydrogen-bond donors (Lipinski definition) is 1. The van der Waals surface area contributed by atoms with Crippen LogP contribution in [0.4, 0.5) is 0 Å². The van der Waals surface area contributed by atoms with E-state index in [1.165, 1.54) is 0 Å². The van der Waals surface area contributed by atoms with E-state index in [0.29, 0.717) is 35.8 Å². The molecule has 0 radical (unpaired) electrons. The quantitative estimate of drug-likeness (QED) is 0.807. The molecule has 0 aliphatic carbocycles. The van der Waals surface area contributed by atoms with E-state index in [-0.39, 0.29) is 18.1 Å². The van der Waals surface area contributed by atoms with E-state index in [0.717, 1.165) is 0 Å². The molecular weight excluding hydrogens is 290 g/mol. The van der Waals surface area contributed by atoms with Gasteiger partial charge in [0.25, 0.3) is 5.91 Å². The van der Waals surface area contributed by atoms with Gasteiger partial charge in [0.2, 0.25) is 0 Å². The molecule has 0 unspecified atom stereocenters. The van der Waals surface area contributed by atoms with Gasteiger partial charge in [0, 0.05) is 24.2 Å². The topological polar surface area (TPSA) is 49.8 Å². The molecule has 1 fully saturated rings. The molecule has 0 saturated carbocycles. The summed E-state index contributed by atoms with van der Waals surface area (Å²) >= 11 is 6.12. The van der Waals surface area contributed by atoms with E-state index in [4.69, 9.17) is 21.4 Å². The molecule has 1 aliphatic rings. The predicted molar refractivity (Wildman–Crippen MR) is 81.4 cm³/mol. The molecule has 112 valence electrons. The van der Waals surface area contributed by atoms with Gasteiger partial charge in [0.05, 0.1) is 17.2 Å². The lowest BCUT2D eigenvalue weighted by atomic mass is 10.1. The van der Waals surface area contributed by atoms with Crippen LogP contribution in [-0.4, -0.2) is 47.8 Å². The summed E-state index contributed by atoms with van der Waals surface area (Å²) in [4.78, 5) is 14.3. The second-order valence-corrected chi connectivity index (χ2v) is 5.90. The molecule has 4 nitrogen and oxygen atoms in total. The predicted octanol–water partition coefficient (Wildman–Crippen LogP) is 1.93. The van der Waals surface area contributed by atoms with Crippen molar-refractivity contribution in [2.24, 2.45) is 0 Å². The highest BCUT2D eigenvalue weighted by atomic mass is 35.5. The van der Waals surface area contributed by atoms with Crippen molar-refractivity contribution in [3.63, 3.8) is 0 Å². The van der Waals surface area contributed by atoms with Gasteiger partial charge in [-0.3, -0.25) is 4.79 Å². The molecule has 2 rings (SSSR count). The Balaban J connectivity index is 2.18. The number of carbonyl (C=O) groups is 1. The molecule has 5 heteroatoms. The van der Waals surface area contributed by atoms with Crippen LogP contribution in [0.15, 0.2) is 18.2 Å². The van der Waals surface area contributed by atoms with Crippen LogP contribution in [0.3, 0.4) is 0 Å². The Morgan fingerprint density at radius 1 is 1.52 bits per heavy atom. The Labute approximate surface area is 129 Å². The minimum atomic E-state index is -0.329. The normalized spacial score (nSPS) is 17.0. The van der Waals surface area contributed by atoms with E-state index < -0.39 is 0 Å². The van der Waals surface area contributed by atoms with Crippen LogP contribution < -0.4 is 0 Å². The number of amides is 1. The van der Waals surface area contributed by atoms with Crippen LogP contribution in [0.25, 0.3) is 0 Å². The third kappa shape index (κ3) is 3.98. The Morgan fingerprint density at radius 2 is 2.29 bits per heavy atom. The van der Waals surface area contributed by atoms with Crippen molar-refractivity contribution in [3.8, 4) is 11.8 Å². The smallest absolute Gasteiger partial charge is 0.254 e. The zero-order chi connectivity index (χ0) is 15.5. The van der Waals surface area contributed by atoms with E-state index in [1.807, 2.05) is 13.8 Å². The zero-order valence-electron chi connectivity index (χ0n) is 12.1. The number of aliphatic hydroxyl groups is 1. The minimum Gasteiger partial charge on any atom is -0.384 e. The number of carbonyl (C=O) groups excluding carboxylic acids is 1. The highest BCUT2D eigenvalue weighted by molar-refractivity contribution is 6.32. The van der Waals surface area contributed by atoms with Gasteiger partial charge in [-0.1, -0.05) is 23.4 Å². The number of ether oxygens (including phenoxy) is 1. The second kappa shape index (κ2) is 6.48. The monoisotopic (exact) mass is 307 g/mol. The van der Waals surface area contributed by atoms with Crippen molar-refractivity contribution >= 4 is 17.5 Å². The Hall–Kier alpha value is -1.54. The lowest BCUT2D eigenvalue weighted by Gasteiger charge is -2.38. The summed E-state index contributed by atoms with van der Waals surface area (Å²) in [7, 11) is 0. The maximum absolute atomic E-state index is 12.5. The van der Waals surface area contributed by atoms with Gasteiger partial charge < -0.3 is 14.7 Å². The fourth-order valence-electron chi connectivity index (χ4n) is 2.26. The first-order valence-corrected chi connectivity index (χ1v) is 7.13. The van der Waals surface area contributed by atoms with Gasteiger partial charge in [0.15, 0.2) is 0 Å². The largest absolute Gasteiger partial charge is 0.384 e. The number of benzene rings is 1. The van der Waals surface area contributed by atoms with Crippen molar-refractivity contribution in [1.29, 1.82) is 0 Å². The van der Waals surface area contributed by atoms with Crippen LogP contribution >= 0.6 is 11.6 Å². The molecule has 0 aromatic heterocycles. The van der Waals surface area contributed by atoms with Gasteiger partial charge in [-0.2, -0.15) is 0 Å². The molecule has 1 heterocycles. The molecule has 1 aromatic carbocycles. The summed E-state index contributed by atoms with van der Waals surface area (Å²) < 4.78 is 5.61. The van der Waals surface area contributed by atoms with E-state index in [9.17, 15) is 4.79 Å². The van der Waals surface area contributed by atoms with Crippen LogP contribution in [0.5, 0.6) is 0 Å². The summed E-state index contributed by atoms with van der Waals surface area (Å²) in [5.74, 6) is 5.22. The fraction of sp³-hybridized carbons (Fsp3) is 0.438. The summed E-state index contributed by atoms with van der Waals surface area (Å²) in [6.45, 7) is 5.37. The summed E-state index contributed by atoms with van der Waals surface area (Å²) in [6.07, 6.45) is 0. The number of hydrogen-bond acceptors (Lipinski definition) is 3. The Kier molecular flexibility index (Phi) is 4.89. The average Bonchev–Trinajstić information content (AvgIpc) is 2.44. The van der Waals surface area contributed by atoms with Crippen LogP contribution in [0.2, 0.25) is 5.02 Å². The van der Waals surface area contributed by atoms with E-state index >= 15 is 0 Å². The number of rotatable bonds is 1. The first-order valence-electron chi connectivity index (χ1n) is 6.75. The lowest BCUT2D eigenvalue weighted by molar-refractivity contribution is -0.0764. The summed E-state index contributed by atoms with van der Waals surface area (Å²) in [5.41, 5.74) is 0.807. The first-order chi connectivity index (χ1) is 9.93. The molecule has 0 bridgehead atoms. The molecular formula is C16H18ClNO3. The standard InChI is InChI=1S/C16H18ClNO3/c1-16(2)11-18(7-9-21-16)15(20)13-6-5-12(4-3-8-19)14(17)10-13/h5-6,10,19H,7-9,11H2,1-2H3. The Morgan fingerprint density at radius 3 is 2.90 bits per heavy atom. The van der Waals surface area contributed by atoms with E-state index in [1.54, 1.807) is 23.1 Å². The van der Waals surface area contributed by atoms with Crippen molar-refractivity contribution in [2.75, 3.05) is 26.3 Å². The molecule has 1 saturated heterocycles. The van der Waals surface area contributed by atoms with Crippen LogP contribution in [0, 0.1) is 11.8 Å². The number of halogens is 1. The zero-order valence-corrected chi connectivity index (χ0v) is 12.9. The van der Waals surface area contributed by atoms with Gasteiger partial charge in [-0.15, -0.1) is 0 Å². The maximum Gasteiger partial charge on any atom is 0.254 e. The lowest BCUT2D eigenvalue weighted by Crippen LogP contribution is -2.50. The average molecular weight is 308 g/mol. The number of morpholine rings is 1. The number of nitrogens with zero attached hydrogens (tertiary/aromatic N) is 1. The van der Waals surface area contributed by atoms with Crippen LogP contribution in [-0.2, 0) is 4.74 Å². The third-order valence-electron chi connectivity index (χ3n) is 3.23. The molecule has 1 amide bonds.